The van der Waals surface area contributed by atoms with Crippen LogP contribution in [0.2, 0.25) is 0 Å². The smallest absolute Gasteiger partial charge is 0.0303 e. The molecule has 3 rings (SSSR count). The molecule has 0 aromatic carbocycles. The molecule has 90 valence electrons. The summed E-state index contributed by atoms with van der Waals surface area (Å²) < 4.78 is 0. The maximum Gasteiger partial charge on any atom is -0.0303 e. The van der Waals surface area contributed by atoms with E-state index in [-0.39, 0.29) is 0 Å². The Bertz CT molecular complexity index is 291. The van der Waals surface area contributed by atoms with E-state index in [0.29, 0.717) is 5.41 Å². The van der Waals surface area contributed by atoms with Gasteiger partial charge in [-0.05, 0) is 68.1 Å². The van der Waals surface area contributed by atoms with Crippen LogP contribution in [-0.2, 0) is 0 Å². The van der Waals surface area contributed by atoms with Gasteiger partial charge in [-0.15, -0.1) is 0 Å². The van der Waals surface area contributed by atoms with E-state index >= 15 is 0 Å². The summed E-state index contributed by atoms with van der Waals surface area (Å²) in [5.41, 5.74) is 4.31. The normalized spacial score (nSPS) is 38.8. The van der Waals surface area contributed by atoms with Crippen molar-refractivity contribution in [2.75, 3.05) is 0 Å². The zero-order chi connectivity index (χ0) is 11.3. The van der Waals surface area contributed by atoms with Crippen LogP contribution < -0.4 is 0 Å². The van der Waals surface area contributed by atoms with E-state index in [1.165, 1.54) is 44.9 Å². The lowest BCUT2D eigenvalue weighted by molar-refractivity contribution is 0.313. The van der Waals surface area contributed by atoms with E-state index in [1.54, 1.807) is 0 Å². The van der Waals surface area contributed by atoms with Gasteiger partial charge in [0.25, 0.3) is 0 Å². The molecule has 0 heterocycles. The van der Waals surface area contributed by atoms with Gasteiger partial charge in [-0.25, -0.2) is 0 Å². The average Bonchev–Trinajstić information content (AvgIpc) is 2.69. The molecule has 0 nitrogen and oxygen atoms in total. The van der Waals surface area contributed by atoms with Crippen molar-refractivity contribution in [3.8, 4) is 0 Å². The molecule has 2 atom stereocenters. The second-order valence-electron chi connectivity index (χ2n) is 7.36. The van der Waals surface area contributed by atoms with Gasteiger partial charge in [0.1, 0.15) is 0 Å². The predicted octanol–water partition coefficient (Wildman–Crippen LogP) is 4.95. The van der Waals surface area contributed by atoms with Gasteiger partial charge >= 0.3 is 0 Å². The lowest BCUT2D eigenvalue weighted by Gasteiger charge is -2.18. The van der Waals surface area contributed by atoms with Crippen molar-refractivity contribution in [1.29, 1.82) is 0 Å². The van der Waals surface area contributed by atoms with Gasteiger partial charge in [0.15, 0.2) is 0 Å². The van der Waals surface area contributed by atoms with Crippen molar-refractivity contribution >= 4 is 0 Å². The minimum absolute atomic E-state index is 0.560. The van der Waals surface area contributed by atoms with E-state index < -0.39 is 0 Å². The van der Waals surface area contributed by atoms with E-state index in [9.17, 15) is 0 Å². The Kier molecular flexibility index (Phi) is 2.46. The Hall–Kier alpha value is -0.260. The molecule has 0 aromatic rings. The number of hydrogen-bond acceptors (Lipinski definition) is 0. The Labute approximate surface area is 101 Å². The molecular weight excluding hydrogens is 192 g/mol. The molecule has 0 saturated heterocycles. The van der Waals surface area contributed by atoms with E-state index in [4.69, 9.17) is 0 Å². The molecular formula is C16H26. The van der Waals surface area contributed by atoms with Crippen molar-refractivity contribution in [2.45, 2.75) is 65.7 Å². The number of hydrogen-bond donors (Lipinski definition) is 0. The summed E-state index contributed by atoms with van der Waals surface area (Å²) in [6.07, 6.45) is 10.2. The Morgan fingerprint density at radius 1 is 0.812 bits per heavy atom. The summed E-state index contributed by atoms with van der Waals surface area (Å²) in [7, 11) is 0. The predicted molar refractivity (Wildman–Crippen MR) is 69.3 cm³/mol. The van der Waals surface area contributed by atoms with Gasteiger partial charge in [0, 0.05) is 0 Å². The molecule has 0 aromatic heterocycles. The van der Waals surface area contributed by atoms with Crippen molar-refractivity contribution < 1.29 is 0 Å². The van der Waals surface area contributed by atoms with Crippen molar-refractivity contribution in [1.82, 2.24) is 0 Å². The minimum Gasteiger partial charge on any atom is -0.0710 e. The molecule has 0 amide bonds. The molecule has 1 fully saturated rings. The van der Waals surface area contributed by atoms with Gasteiger partial charge in [-0.3, -0.25) is 0 Å². The molecule has 3 aliphatic carbocycles. The number of rotatable bonds is 0. The maximum absolute atomic E-state index is 2.45. The summed E-state index contributed by atoms with van der Waals surface area (Å²) >= 11 is 0. The average molecular weight is 218 g/mol. The molecule has 0 radical (unpaired) electrons. The van der Waals surface area contributed by atoms with Gasteiger partial charge < -0.3 is 0 Å². The third-order valence-electron chi connectivity index (χ3n) is 5.35. The first-order valence-corrected chi connectivity index (χ1v) is 7.27. The third kappa shape index (κ3) is 1.75. The lowest BCUT2D eigenvalue weighted by Crippen LogP contribution is -2.10. The van der Waals surface area contributed by atoms with Crippen molar-refractivity contribution in [3.05, 3.63) is 11.1 Å². The Morgan fingerprint density at radius 3 is 1.75 bits per heavy atom. The van der Waals surface area contributed by atoms with Crippen molar-refractivity contribution in [2.24, 2.45) is 23.2 Å². The molecule has 1 saturated carbocycles. The molecule has 2 unspecified atom stereocenters. The van der Waals surface area contributed by atoms with E-state index in [2.05, 4.69) is 20.8 Å². The highest BCUT2D eigenvalue weighted by Crippen LogP contribution is 2.61. The van der Waals surface area contributed by atoms with Crippen LogP contribution in [0, 0.1) is 23.2 Å². The van der Waals surface area contributed by atoms with Crippen LogP contribution in [0.3, 0.4) is 0 Å². The fraction of sp³-hybridized carbons (Fsp3) is 0.875. The van der Waals surface area contributed by atoms with Gasteiger partial charge in [0.2, 0.25) is 0 Å². The van der Waals surface area contributed by atoms with E-state index in [1.807, 2.05) is 11.1 Å². The second-order valence-corrected chi connectivity index (χ2v) is 7.36. The maximum atomic E-state index is 2.45. The molecule has 0 heteroatoms. The SMILES string of the molecule is CC(C)(C)C1C2CCC3=C(CCC3)CCC21. The van der Waals surface area contributed by atoms with Crippen LogP contribution in [-0.4, -0.2) is 0 Å². The van der Waals surface area contributed by atoms with Gasteiger partial charge in [-0.1, -0.05) is 31.9 Å². The largest absolute Gasteiger partial charge is 0.0710 e. The summed E-state index contributed by atoms with van der Waals surface area (Å²) in [6.45, 7) is 7.34. The van der Waals surface area contributed by atoms with Crippen LogP contribution in [0.5, 0.6) is 0 Å². The molecule has 0 N–H and O–H groups in total. The lowest BCUT2D eigenvalue weighted by atomic mass is 9.87. The Morgan fingerprint density at radius 2 is 1.31 bits per heavy atom. The third-order valence-corrected chi connectivity index (χ3v) is 5.35. The Balaban J connectivity index is 1.70. The fourth-order valence-electron chi connectivity index (χ4n) is 4.67. The standard InChI is InChI=1S/C16H26/c1-16(2,3)15-13-9-7-11-5-4-6-12(11)8-10-14(13)15/h13-15H,4-10H2,1-3H3. The number of allylic oxidation sites excluding steroid dienone is 2. The molecule has 0 spiro atoms. The van der Waals surface area contributed by atoms with Gasteiger partial charge in [0.05, 0.1) is 0 Å². The first kappa shape index (κ1) is 10.9. The van der Waals surface area contributed by atoms with Crippen LogP contribution in [0.4, 0.5) is 0 Å². The minimum atomic E-state index is 0.560. The zero-order valence-electron chi connectivity index (χ0n) is 11.2. The summed E-state index contributed by atoms with van der Waals surface area (Å²) in [4.78, 5) is 0. The van der Waals surface area contributed by atoms with E-state index in [0.717, 1.165) is 17.8 Å². The van der Waals surface area contributed by atoms with Crippen LogP contribution in [0.25, 0.3) is 0 Å². The summed E-state index contributed by atoms with van der Waals surface area (Å²) in [6, 6.07) is 0. The zero-order valence-corrected chi connectivity index (χ0v) is 11.2. The fourth-order valence-corrected chi connectivity index (χ4v) is 4.67. The first-order chi connectivity index (χ1) is 7.57. The van der Waals surface area contributed by atoms with Crippen LogP contribution in [0.1, 0.15) is 65.7 Å². The van der Waals surface area contributed by atoms with Crippen LogP contribution in [0.15, 0.2) is 11.1 Å². The summed E-state index contributed by atoms with van der Waals surface area (Å²) in [5.74, 6) is 3.19. The highest BCUT2D eigenvalue weighted by atomic mass is 14.6. The summed E-state index contributed by atoms with van der Waals surface area (Å²) in [5, 5.41) is 0. The first-order valence-electron chi connectivity index (χ1n) is 7.27. The molecule has 0 aliphatic heterocycles. The molecule has 0 bridgehead atoms. The quantitative estimate of drug-likeness (QED) is 0.505. The molecule has 16 heavy (non-hydrogen) atoms. The van der Waals surface area contributed by atoms with Gasteiger partial charge in [-0.2, -0.15) is 0 Å². The topological polar surface area (TPSA) is 0 Å². The monoisotopic (exact) mass is 218 g/mol. The highest BCUT2D eigenvalue weighted by molar-refractivity contribution is 5.22. The highest BCUT2D eigenvalue weighted by Gasteiger charge is 2.54. The second kappa shape index (κ2) is 3.62. The number of fused-ring (bicyclic) bond motifs is 1. The molecule has 3 aliphatic rings. The van der Waals surface area contributed by atoms with Crippen molar-refractivity contribution in [3.63, 3.8) is 0 Å². The van der Waals surface area contributed by atoms with Crippen LogP contribution >= 0.6 is 0 Å².